The van der Waals surface area contributed by atoms with Gasteiger partial charge >= 0.3 is 0 Å². The molecule has 61 heavy (non-hydrogen) atoms. The highest BCUT2D eigenvalue weighted by Crippen LogP contribution is 2.30. The van der Waals surface area contributed by atoms with E-state index in [4.69, 9.17) is 14.3 Å². The number of carbonyl (C=O) groups excluding carboxylic acids is 5. The second-order valence-corrected chi connectivity index (χ2v) is 18.1. The van der Waals surface area contributed by atoms with Crippen LogP contribution in [-0.4, -0.2) is 152 Å². The van der Waals surface area contributed by atoms with Gasteiger partial charge in [-0.05, 0) is 69.2 Å². The zero-order valence-corrected chi connectivity index (χ0v) is 38.9. The molecule has 2 aliphatic heterocycles. The molecule has 0 spiro atoms. The first kappa shape index (κ1) is 49.6. The summed E-state index contributed by atoms with van der Waals surface area (Å²) in [7, 11) is 8.56. The quantitative estimate of drug-likeness (QED) is 0.165. The van der Waals surface area contributed by atoms with E-state index in [0.717, 1.165) is 42.1 Å². The summed E-state index contributed by atoms with van der Waals surface area (Å²) in [6, 6.07) is 4.89. The number of nitrogens with zero attached hydrogens (tertiary/aromatic N) is 4. The minimum atomic E-state index is -0.890. The Bertz CT molecular complexity index is 1750. The molecule has 1 aromatic heterocycles. The molecule has 0 radical (unpaired) electrons. The summed E-state index contributed by atoms with van der Waals surface area (Å²) in [4.78, 5) is 84.7. The van der Waals surface area contributed by atoms with Gasteiger partial charge in [-0.15, -0.1) is 0 Å². The van der Waals surface area contributed by atoms with Crippen LogP contribution in [0.25, 0.3) is 10.9 Å². The number of ether oxygens (including phenoxy) is 2. The maximum Gasteiger partial charge on any atom is 0.269 e. The molecule has 5 amide bonds. The Morgan fingerprint density at radius 1 is 0.902 bits per heavy atom. The average Bonchev–Trinajstić information content (AvgIpc) is 3.89. The number of para-hydroxylation sites is 1. The normalized spacial score (nSPS) is 20.0. The number of H-pyrrole nitrogens is 1. The van der Waals surface area contributed by atoms with Crippen molar-refractivity contribution >= 4 is 40.4 Å². The molecule has 4 rings (SSSR count). The molecule has 1 aromatic carbocycles. The Labute approximate surface area is 363 Å². The fourth-order valence-corrected chi connectivity index (χ4v) is 9.38. The number of aromatic amines is 1. The number of carbonyl (C=O) groups is 5. The first-order chi connectivity index (χ1) is 29.0. The molecule has 0 bridgehead atoms. The van der Waals surface area contributed by atoms with Gasteiger partial charge in [0.25, 0.3) is 5.91 Å². The molecule has 2 saturated heterocycles. The van der Waals surface area contributed by atoms with Crippen molar-refractivity contribution in [1.29, 1.82) is 0 Å². The molecule has 0 aliphatic carbocycles. The van der Waals surface area contributed by atoms with Crippen molar-refractivity contribution in [2.75, 3.05) is 55.1 Å². The van der Waals surface area contributed by atoms with Crippen LogP contribution in [-0.2, 0) is 44.7 Å². The number of methoxy groups -OCH3 is 2. The highest BCUT2D eigenvalue weighted by atomic mass is 16.7. The van der Waals surface area contributed by atoms with Crippen LogP contribution in [0.5, 0.6) is 0 Å². The Morgan fingerprint density at radius 3 is 2.20 bits per heavy atom. The Balaban J connectivity index is 1.51. The largest absolute Gasteiger partial charge is 0.379 e. The summed E-state index contributed by atoms with van der Waals surface area (Å²) in [6.45, 7) is 15.0. The van der Waals surface area contributed by atoms with Crippen LogP contribution in [0.3, 0.4) is 0 Å². The third kappa shape index (κ3) is 12.1. The average molecular weight is 854 g/mol. The number of hydrogen-bond acceptors (Lipinski definition) is 9. The number of benzene rings is 1. The number of likely N-dealkylation sites (N-methyl/N-ethyl adjacent to an activating group) is 2. The van der Waals surface area contributed by atoms with Crippen molar-refractivity contribution in [1.82, 2.24) is 35.4 Å². The van der Waals surface area contributed by atoms with Gasteiger partial charge in [0.15, 0.2) is 0 Å². The van der Waals surface area contributed by atoms with Gasteiger partial charge in [0.1, 0.15) is 12.1 Å². The maximum absolute atomic E-state index is 14.4. The van der Waals surface area contributed by atoms with Crippen molar-refractivity contribution in [3.05, 3.63) is 36.0 Å². The second-order valence-electron chi connectivity index (χ2n) is 18.1. The van der Waals surface area contributed by atoms with E-state index in [2.05, 4.69) is 15.6 Å². The number of rotatable bonds is 21. The SMILES string of the molecule is CC[C@H](C)[C@@H]([C@@H](CC(=O)N1CCC[C@H]1[C@H](OC)[C@@H](C)C(=O)N[C@@H](Cc1c[nH]c2ccccc12)C(=O)N1CCCCO1)OC)N(C)C(=O)[C@@H](NC(=O)[C@H](C(C)C)N(C)C)C(C)C. The van der Waals surface area contributed by atoms with Crippen molar-refractivity contribution < 1.29 is 38.3 Å². The van der Waals surface area contributed by atoms with Gasteiger partial charge in [-0.3, -0.25) is 33.7 Å². The summed E-state index contributed by atoms with van der Waals surface area (Å²) < 4.78 is 12.1. The summed E-state index contributed by atoms with van der Waals surface area (Å²) in [5.41, 5.74) is 1.84. The monoisotopic (exact) mass is 854 g/mol. The molecule has 2 aliphatic rings. The number of fused-ring (bicyclic) bond motifs is 1. The van der Waals surface area contributed by atoms with Crippen LogP contribution in [0.1, 0.15) is 92.6 Å². The van der Waals surface area contributed by atoms with E-state index < -0.39 is 48.3 Å². The molecule has 15 nitrogen and oxygen atoms in total. The zero-order valence-electron chi connectivity index (χ0n) is 38.9. The van der Waals surface area contributed by atoms with Crippen molar-refractivity contribution in [2.45, 2.75) is 136 Å². The molecule has 3 heterocycles. The van der Waals surface area contributed by atoms with Gasteiger partial charge in [-0.2, -0.15) is 0 Å². The highest BCUT2D eigenvalue weighted by Gasteiger charge is 2.44. The lowest BCUT2D eigenvalue weighted by atomic mass is 9.89. The number of amides is 5. The molecule has 0 saturated carbocycles. The lowest BCUT2D eigenvalue weighted by Crippen LogP contribution is -2.59. The van der Waals surface area contributed by atoms with E-state index in [1.807, 2.05) is 91.0 Å². The first-order valence-electron chi connectivity index (χ1n) is 22.3. The molecular weight excluding hydrogens is 779 g/mol. The van der Waals surface area contributed by atoms with Gasteiger partial charge < -0.3 is 34.9 Å². The third-order valence-corrected chi connectivity index (χ3v) is 12.9. The molecular formula is C46H75N7O8. The minimum absolute atomic E-state index is 0.00241. The molecule has 15 heteroatoms. The van der Waals surface area contributed by atoms with Crippen LogP contribution < -0.4 is 10.6 Å². The topological polar surface area (TPSA) is 166 Å². The lowest BCUT2D eigenvalue weighted by molar-refractivity contribution is -0.199. The number of aromatic nitrogens is 1. The number of likely N-dealkylation sites (tertiary alicyclic amines) is 1. The lowest BCUT2D eigenvalue weighted by Gasteiger charge is -2.41. The molecule has 2 aromatic rings. The van der Waals surface area contributed by atoms with Gasteiger partial charge in [0.05, 0.1) is 49.3 Å². The van der Waals surface area contributed by atoms with E-state index in [-0.39, 0.29) is 60.1 Å². The second kappa shape index (κ2) is 22.9. The molecule has 3 N–H and O–H groups in total. The standard InChI is InChI=1S/C46H75N7O8/c1-13-30(6)41(51(10)46(58)39(28(2)3)49-44(56)40(29(4)5)50(8)9)37(59-11)26-38(54)52-22-18-21-36(52)42(60-12)31(7)43(55)48-35(45(57)53-23-16-17-24-61-53)25-32-27-47-34-20-15-14-19-33(32)34/h14-15,19-20,27-31,35-37,39-42,47H,13,16-18,21-26H2,1-12H3,(H,48,55)(H,49,56)/t30-,31+,35-,36-,37+,39-,40-,41-,42+/m0/s1. The summed E-state index contributed by atoms with van der Waals surface area (Å²) in [5.74, 6) is -2.18. The van der Waals surface area contributed by atoms with Crippen LogP contribution in [0.2, 0.25) is 0 Å². The number of hydrogen-bond donors (Lipinski definition) is 3. The van der Waals surface area contributed by atoms with E-state index in [9.17, 15) is 24.0 Å². The predicted molar refractivity (Wildman–Crippen MR) is 236 cm³/mol. The van der Waals surface area contributed by atoms with Gasteiger partial charge in [0, 0.05) is 57.9 Å². The third-order valence-electron chi connectivity index (χ3n) is 12.9. The molecule has 0 unspecified atom stereocenters. The predicted octanol–water partition coefficient (Wildman–Crippen LogP) is 4.40. The first-order valence-corrected chi connectivity index (χ1v) is 22.3. The number of hydroxylamine groups is 2. The van der Waals surface area contributed by atoms with E-state index >= 15 is 0 Å². The Hall–Kier alpha value is -4.05. The van der Waals surface area contributed by atoms with Crippen LogP contribution in [0, 0.1) is 23.7 Å². The van der Waals surface area contributed by atoms with Crippen molar-refractivity contribution in [3.63, 3.8) is 0 Å². The fraction of sp³-hybridized carbons (Fsp3) is 0.717. The molecule has 9 atom stereocenters. The Morgan fingerprint density at radius 2 is 1.61 bits per heavy atom. The van der Waals surface area contributed by atoms with Crippen molar-refractivity contribution in [2.24, 2.45) is 23.7 Å². The summed E-state index contributed by atoms with van der Waals surface area (Å²) in [5, 5.41) is 8.44. The van der Waals surface area contributed by atoms with E-state index in [0.29, 0.717) is 26.1 Å². The Kier molecular flexibility index (Phi) is 18.6. The molecule has 2 fully saturated rings. The fourth-order valence-electron chi connectivity index (χ4n) is 9.38. The summed E-state index contributed by atoms with van der Waals surface area (Å²) >= 11 is 0. The van der Waals surface area contributed by atoms with Crippen LogP contribution in [0.4, 0.5) is 0 Å². The van der Waals surface area contributed by atoms with E-state index in [1.165, 1.54) is 5.06 Å². The van der Waals surface area contributed by atoms with Crippen LogP contribution in [0.15, 0.2) is 30.5 Å². The van der Waals surface area contributed by atoms with Crippen molar-refractivity contribution in [3.8, 4) is 0 Å². The summed E-state index contributed by atoms with van der Waals surface area (Å²) in [6.07, 6.45) is 4.58. The minimum Gasteiger partial charge on any atom is -0.379 e. The maximum atomic E-state index is 14.4. The molecule has 342 valence electrons. The van der Waals surface area contributed by atoms with Gasteiger partial charge in [0.2, 0.25) is 23.6 Å². The smallest absolute Gasteiger partial charge is 0.269 e. The van der Waals surface area contributed by atoms with E-state index in [1.54, 1.807) is 38.0 Å². The number of nitrogens with one attached hydrogen (secondary N) is 3. The zero-order chi connectivity index (χ0) is 45.1. The van der Waals surface area contributed by atoms with Gasteiger partial charge in [-0.1, -0.05) is 73.1 Å². The highest BCUT2D eigenvalue weighted by molar-refractivity contribution is 5.91. The van der Waals surface area contributed by atoms with Gasteiger partial charge in [-0.25, -0.2) is 5.06 Å². The van der Waals surface area contributed by atoms with Crippen LogP contribution >= 0.6 is 0 Å².